The van der Waals surface area contributed by atoms with Gasteiger partial charge in [0.2, 0.25) is 0 Å². The number of pyridine rings is 3. The smallest absolute Gasteiger partial charge is 0.181 e. The molecule has 0 aromatic carbocycles. The van der Waals surface area contributed by atoms with Gasteiger partial charge in [-0.2, -0.15) is 5.10 Å². The van der Waals surface area contributed by atoms with Crippen molar-refractivity contribution in [1.29, 1.82) is 0 Å². The number of allylic oxidation sites excluding steroid dienone is 1. The lowest BCUT2D eigenvalue weighted by Gasteiger charge is -2.09. The molecular formula is C27H21N7S. The van der Waals surface area contributed by atoms with Gasteiger partial charge < -0.3 is 10.3 Å². The first kappa shape index (κ1) is 20.1. The molecule has 8 heteroatoms. The number of H-pyrrole nitrogens is 2. The van der Waals surface area contributed by atoms with E-state index in [1.54, 1.807) is 11.3 Å². The van der Waals surface area contributed by atoms with Gasteiger partial charge in [-0.15, -0.1) is 11.3 Å². The van der Waals surface area contributed by atoms with Crippen LogP contribution in [0.4, 0.5) is 5.69 Å². The van der Waals surface area contributed by atoms with E-state index >= 15 is 0 Å². The Morgan fingerprint density at radius 1 is 1.03 bits per heavy atom. The molecule has 0 atom stereocenters. The topological polar surface area (TPSA) is 95.2 Å². The van der Waals surface area contributed by atoms with Crippen LogP contribution in [-0.4, -0.2) is 30.1 Å². The van der Waals surface area contributed by atoms with Gasteiger partial charge in [0, 0.05) is 51.7 Å². The van der Waals surface area contributed by atoms with Crippen LogP contribution in [0.25, 0.3) is 55.0 Å². The van der Waals surface area contributed by atoms with Gasteiger partial charge >= 0.3 is 0 Å². The minimum absolute atomic E-state index is 0.581. The highest BCUT2D eigenvalue weighted by molar-refractivity contribution is 7.13. The van der Waals surface area contributed by atoms with Crippen molar-refractivity contribution in [2.45, 2.75) is 12.8 Å². The van der Waals surface area contributed by atoms with E-state index in [0.717, 1.165) is 60.8 Å². The first-order valence-electron chi connectivity index (χ1n) is 11.5. The molecule has 0 radical (unpaired) electrons. The van der Waals surface area contributed by atoms with E-state index in [0.29, 0.717) is 11.6 Å². The molecule has 6 aromatic rings. The summed E-state index contributed by atoms with van der Waals surface area (Å²) >= 11 is 1.69. The summed E-state index contributed by atoms with van der Waals surface area (Å²) in [6, 6.07) is 12.5. The quantitative estimate of drug-likeness (QED) is 0.251. The van der Waals surface area contributed by atoms with Gasteiger partial charge in [-0.1, -0.05) is 12.6 Å². The van der Waals surface area contributed by atoms with Gasteiger partial charge in [0.15, 0.2) is 5.65 Å². The molecule has 6 aromatic heterocycles. The van der Waals surface area contributed by atoms with Gasteiger partial charge in [-0.05, 0) is 54.5 Å². The first-order chi connectivity index (χ1) is 17.2. The molecule has 0 aliphatic heterocycles. The lowest BCUT2D eigenvalue weighted by molar-refractivity contribution is 1.02. The van der Waals surface area contributed by atoms with Crippen molar-refractivity contribution in [2.75, 3.05) is 5.32 Å². The van der Waals surface area contributed by atoms with E-state index in [4.69, 9.17) is 0 Å². The average molecular weight is 476 g/mol. The number of fused-ring (bicyclic) bond motifs is 2. The Balaban J connectivity index is 1.29. The number of anilines is 1. The summed E-state index contributed by atoms with van der Waals surface area (Å²) in [6.45, 7) is 4.16. The fourth-order valence-electron chi connectivity index (χ4n) is 4.45. The standard InChI is InChI=1S/C27H21N7S/c1-15(16-4-5-16)31-19-9-17(12-28-14-19)18-10-21-25(33-34-27(21)30-13-18)23-11-20-22(32-23)6-7-29-26(20)24-3-2-8-35-24/h2-3,6-14,16,31-32H,1,4-5H2,(H,30,33,34). The summed E-state index contributed by atoms with van der Waals surface area (Å²) in [5, 5.41) is 15.1. The number of nitrogens with one attached hydrogen (secondary N) is 3. The molecule has 35 heavy (non-hydrogen) atoms. The molecule has 0 bridgehead atoms. The van der Waals surface area contributed by atoms with Crippen molar-refractivity contribution >= 4 is 39.0 Å². The van der Waals surface area contributed by atoms with Crippen LogP contribution in [-0.2, 0) is 0 Å². The molecule has 1 fully saturated rings. The summed E-state index contributed by atoms with van der Waals surface area (Å²) in [7, 11) is 0. The molecule has 3 N–H and O–H groups in total. The SMILES string of the molecule is C=C(Nc1cncc(-c2cnc3n[nH]c(-c4cc5c(-c6cccs6)nccc5[nH]4)c3c2)c1)C1CC1. The molecule has 0 saturated heterocycles. The molecule has 0 unspecified atom stereocenters. The number of thiophene rings is 1. The Morgan fingerprint density at radius 3 is 2.80 bits per heavy atom. The van der Waals surface area contributed by atoms with Crippen molar-refractivity contribution in [3.8, 4) is 33.1 Å². The largest absolute Gasteiger partial charge is 0.358 e. The van der Waals surface area contributed by atoms with Crippen LogP contribution in [0, 0.1) is 5.92 Å². The Labute approximate surface area is 205 Å². The highest BCUT2D eigenvalue weighted by atomic mass is 32.1. The third kappa shape index (κ3) is 3.59. The third-order valence-electron chi connectivity index (χ3n) is 6.43. The van der Waals surface area contributed by atoms with Crippen molar-refractivity contribution in [3.05, 3.63) is 78.8 Å². The maximum Gasteiger partial charge on any atom is 0.181 e. The van der Waals surface area contributed by atoms with Crippen molar-refractivity contribution in [3.63, 3.8) is 0 Å². The summed E-state index contributed by atoms with van der Waals surface area (Å²) < 4.78 is 0. The molecule has 170 valence electrons. The maximum atomic E-state index is 4.64. The second-order valence-corrected chi connectivity index (χ2v) is 9.81. The van der Waals surface area contributed by atoms with E-state index in [2.05, 4.69) is 71.7 Å². The van der Waals surface area contributed by atoms with Crippen molar-refractivity contribution < 1.29 is 0 Å². The van der Waals surface area contributed by atoms with Crippen LogP contribution in [0.15, 0.2) is 78.8 Å². The van der Waals surface area contributed by atoms with E-state index in [1.807, 2.05) is 36.9 Å². The number of nitrogens with zero attached hydrogens (tertiary/aromatic N) is 4. The van der Waals surface area contributed by atoms with Crippen molar-refractivity contribution in [2.24, 2.45) is 5.92 Å². The first-order valence-corrected chi connectivity index (χ1v) is 12.4. The Bertz CT molecular complexity index is 1710. The van der Waals surface area contributed by atoms with Gasteiger partial charge in [0.1, 0.15) is 0 Å². The van der Waals surface area contributed by atoms with Gasteiger partial charge in [0.05, 0.1) is 33.8 Å². The molecule has 1 aliphatic rings. The molecule has 1 aliphatic carbocycles. The molecule has 7 rings (SSSR count). The molecular weight excluding hydrogens is 454 g/mol. The lowest BCUT2D eigenvalue weighted by Crippen LogP contribution is -2.00. The zero-order valence-corrected chi connectivity index (χ0v) is 19.6. The fourth-order valence-corrected chi connectivity index (χ4v) is 5.18. The summed E-state index contributed by atoms with van der Waals surface area (Å²) in [4.78, 5) is 18.4. The van der Waals surface area contributed by atoms with Crippen LogP contribution in [0.2, 0.25) is 0 Å². The highest BCUT2D eigenvalue weighted by Gasteiger charge is 2.24. The van der Waals surface area contributed by atoms with Crippen LogP contribution >= 0.6 is 11.3 Å². The Morgan fingerprint density at radius 2 is 1.94 bits per heavy atom. The zero-order valence-electron chi connectivity index (χ0n) is 18.7. The monoisotopic (exact) mass is 475 g/mol. The Hall–Kier alpha value is -4.30. The second-order valence-electron chi connectivity index (χ2n) is 8.86. The summed E-state index contributed by atoms with van der Waals surface area (Å²) in [5.41, 5.74) is 8.49. The second kappa shape index (κ2) is 7.89. The van der Waals surface area contributed by atoms with E-state index in [-0.39, 0.29) is 0 Å². The number of aromatic amines is 2. The maximum absolute atomic E-state index is 4.64. The van der Waals surface area contributed by atoms with Crippen molar-refractivity contribution in [1.82, 2.24) is 30.1 Å². The van der Waals surface area contributed by atoms with Crippen LogP contribution in [0.1, 0.15) is 12.8 Å². The summed E-state index contributed by atoms with van der Waals surface area (Å²) in [5.74, 6) is 0.581. The van der Waals surface area contributed by atoms with E-state index < -0.39 is 0 Å². The minimum atomic E-state index is 0.581. The van der Waals surface area contributed by atoms with Gasteiger partial charge in [-0.3, -0.25) is 15.1 Å². The fraction of sp³-hybridized carbons (Fsp3) is 0.111. The van der Waals surface area contributed by atoms with Gasteiger partial charge in [0.25, 0.3) is 0 Å². The molecule has 7 nitrogen and oxygen atoms in total. The third-order valence-corrected chi connectivity index (χ3v) is 7.30. The minimum Gasteiger partial charge on any atom is -0.358 e. The van der Waals surface area contributed by atoms with Crippen LogP contribution in [0.3, 0.4) is 0 Å². The van der Waals surface area contributed by atoms with Gasteiger partial charge in [-0.25, -0.2) is 4.98 Å². The predicted octanol–water partition coefficient (Wildman–Crippen LogP) is 6.63. The predicted molar refractivity (Wildman–Crippen MR) is 141 cm³/mol. The summed E-state index contributed by atoms with van der Waals surface area (Å²) in [6.07, 6.45) is 9.79. The number of aromatic nitrogens is 6. The number of rotatable bonds is 6. The molecule has 6 heterocycles. The molecule has 1 saturated carbocycles. The van der Waals surface area contributed by atoms with E-state index in [1.165, 1.54) is 12.8 Å². The molecule has 0 spiro atoms. The number of hydrogen-bond acceptors (Lipinski definition) is 6. The lowest BCUT2D eigenvalue weighted by atomic mass is 10.1. The average Bonchev–Trinajstić information content (AvgIpc) is 3.26. The zero-order chi connectivity index (χ0) is 23.4. The normalized spacial score (nSPS) is 13.5. The van der Waals surface area contributed by atoms with Crippen LogP contribution in [0.5, 0.6) is 0 Å². The van der Waals surface area contributed by atoms with Crippen LogP contribution < -0.4 is 5.32 Å². The highest BCUT2D eigenvalue weighted by Crippen LogP contribution is 2.37. The number of hydrogen-bond donors (Lipinski definition) is 3. The molecule has 0 amide bonds. The Kier molecular flexibility index (Phi) is 4.53. The van der Waals surface area contributed by atoms with E-state index in [9.17, 15) is 0 Å².